The minimum Gasteiger partial charge on any atom is -0.306 e. The second-order valence-electron chi connectivity index (χ2n) is 5.78. The van der Waals surface area contributed by atoms with Crippen LogP contribution in [0.3, 0.4) is 0 Å². The maximum absolute atomic E-state index is 12.6. The molecule has 0 fully saturated rings. The lowest BCUT2D eigenvalue weighted by atomic mass is 10.2. The molecule has 4 heterocycles. The Hall–Kier alpha value is -3.48. The van der Waals surface area contributed by atoms with Crippen molar-refractivity contribution in [2.24, 2.45) is 7.05 Å². The summed E-state index contributed by atoms with van der Waals surface area (Å²) < 4.78 is 3.55. The number of pyridine rings is 2. The Bertz CT molecular complexity index is 1060. The van der Waals surface area contributed by atoms with Gasteiger partial charge in [-0.1, -0.05) is 6.07 Å². The van der Waals surface area contributed by atoms with E-state index in [0.717, 1.165) is 16.9 Å². The quantitative estimate of drug-likeness (QED) is 0.626. The molecule has 0 aliphatic heterocycles. The molecule has 25 heavy (non-hydrogen) atoms. The molecule has 4 aromatic heterocycles. The second kappa shape index (κ2) is 5.86. The van der Waals surface area contributed by atoms with Gasteiger partial charge in [-0.05, 0) is 31.2 Å². The van der Waals surface area contributed by atoms with Crippen molar-refractivity contribution < 1.29 is 4.79 Å². The average molecular weight is 332 g/mol. The molecule has 4 rings (SSSR count). The topological polar surface area (TPSA) is 77.1 Å². The second-order valence-corrected chi connectivity index (χ2v) is 5.78. The molecule has 7 nitrogen and oxygen atoms in total. The summed E-state index contributed by atoms with van der Waals surface area (Å²) in [6.07, 6.45) is 7.03. The first kappa shape index (κ1) is 15.1. The van der Waals surface area contributed by atoms with E-state index in [0.29, 0.717) is 17.1 Å². The number of aryl methyl sites for hydroxylation is 2. The predicted octanol–water partition coefficient (Wildman–Crippen LogP) is 2.69. The molecule has 0 unspecified atom stereocenters. The van der Waals surface area contributed by atoms with Crippen LogP contribution in [-0.2, 0) is 7.05 Å². The number of hydrogen-bond donors (Lipinski definition) is 1. The number of nitrogens with zero attached hydrogens (tertiary/aromatic N) is 5. The van der Waals surface area contributed by atoms with E-state index in [2.05, 4.69) is 20.4 Å². The molecule has 0 aromatic carbocycles. The molecule has 1 N–H and O–H groups in total. The van der Waals surface area contributed by atoms with Crippen LogP contribution in [-0.4, -0.2) is 30.1 Å². The van der Waals surface area contributed by atoms with Gasteiger partial charge in [0.1, 0.15) is 17.2 Å². The van der Waals surface area contributed by atoms with Crippen LogP contribution in [0.4, 0.5) is 5.82 Å². The first-order valence-corrected chi connectivity index (χ1v) is 7.82. The maximum atomic E-state index is 12.6. The van der Waals surface area contributed by atoms with Crippen molar-refractivity contribution in [3.05, 3.63) is 66.4 Å². The number of anilines is 1. The lowest BCUT2D eigenvalue weighted by Crippen LogP contribution is -2.14. The molecule has 0 spiro atoms. The van der Waals surface area contributed by atoms with E-state index in [1.54, 1.807) is 23.1 Å². The van der Waals surface area contributed by atoms with Crippen molar-refractivity contribution in [1.82, 2.24) is 24.1 Å². The molecule has 4 aromatic rings. The highest BCUT2D eigenvalue weighted by atomic mass is 16.1. The molecule has 0 bridgehead atoms. The van der Waals surface area contributed by atoms with Gasteiger partial charge in [-0.25, -0.2) is 4.98 Å². The molecule has 0 saturated carbocycles. The van der Waals surface area contributed by atoms with Crippen LogP contribution in [0.1, 0.15) is 16.1 Å². The largest absolute Gasteiger partial charge is 0.306 e. The smallest absolute Gasteiger partial charge is 0.258 e. The molecular weight excluding hydrogens is 316 g/mol. The molecule has 0 atom stereocenters. The van der Waals surface area contributed by atoms with Crippen LogP contribution in [0.25, 0.3) is 16.9 Å². The summed E-state index contributed by atoms with van der Waals surface area (Å²) in [5.74, 6) is 0.373. The monoisotopic (exact) mass is 332 g/mol. The molecule has 0 aliphatic carbocycles. The van der Waals surface area contributed by atoms with Gasteiger partial charge in [-0.15, -0.1) is 0 Å². The Balaban J connectivity index is 1.79. The first-order valence-electron chi connectivity index (χ1n) is 7.82. The zero-order valence-corrected chi connectivity index (χ0v) is 13.8. The van der Waals surface area contributed by atoms with Crippen molar-refractivity contribution in [3.63, 3.8) is 0 Å². The van der Waals surface area contributed by atoms with Crippen LogP contribution in [0.5, 0.6) is 0 Å². The maximum Gasteiger partial charge on any atom is 0.258 e. The number of carbonyl (C=O) groups is 1. The molecule has 0 aliphatic rings. The third-order valence-corrected chi connectivity index (χ3v) is 3.91. The van der Waals surface area contributed by atoms with Crippen molar-refractivity contribution >= 4 is 17.4 Å². The van der Waals surface area contributed by atoms with E-state index in [9.17, 15) is 4.79 Å². The predicted molar refractivity (Wildman–Crippen MR) is 94.3 cm³/mol. The normalized spacial score (nSPS) is 11.0. The highest BCUT2D eigenvalue weighted by molar-refractivity contribution is 6.05. The highest BCUT2D eigenvalue weighted by Crippen LogP contribution is 2.28. The molecule has 1 amide bonds. The zero-order chi connectivity index (χ0) is 17.4. The van der Waals surface area contributed by atoms with Crippen LogP contribution in [0.2, 0.25) is 0 Å². The summed E-state index contributed by atoms with van der Waals surface area (Å²) in [4.78, 5) is 21.5. The van der Waals surface area contributed by atoms with Gasteiger partial charge < -0.3 is 5.32 Å². The van der Waals surface area contributed by atoms with E-state index in [1.807, 2.05) is 55.0 Å². The van der Waals surface area contributed by atoms with Crippen LogP contribution in [0.15, 0.2) is 55.1 Å². The fourth-order valence-electron chi connectivity index (χ4n) is 2.64. The number of fused-ring (bicyclic) bond motifs is 1. The Kier molecular flexibility index (Phi) is 3.53. The van der Waals surface area contributed by atoms with Crippen LogP contribution >= 0.6 is 0 Å². The highest BCUT2D eigenvalue weighted by Gasteiger charge is 2.18. The van der Waals surface area contributed by atoms with E-state index in [1.165, 1.54) is 0 Å². The third kappa shape index (κ3) is 2.76. The van der Waals surface area contributed by atoms with Crippen molar-refractivity contribution in [1.29, 1.82) is 0 Å². The molecular formula is C18H16N6O. The fourth-order valence-corrected chi connectivity index (χ4v) is 2.64. The standard InChI is InChI=1S/C18H16N6O/c1-12-6-7-13(9-19-12)18(25)22-17-16(14-10-20-23(2)11-14)21-15-5-3-4-8-24(15)17/h3-11H,1-2H3,(H,22,25). The van der Waals surface area contributed by atoms with E-state index < -0.39 is 0 Å². The number of carbonyl (C=O) groups excluding carboxylic acids is 1. The lowest BCUT2D eigenvalue weighted by Gasteiger charge is -2.07. The summed E-state index contributed by atoms with van der Waals surface area (Å²) in [5, 5.41) is 7.16. The number of nitrogens with one attached hydrogen (secondary N) is 1. The fraction of sp³-hybridized carbons (Fsp3) is 0.111. The van der Waals surface area contributed by atoms with Gasteiger partial charge in [-0.2, -0.15) is 5.10 Å². The SMILES string of the molecule is Cc1ccc(C(=O)Nc2c(-c3cnn(C)c3)nc3ccccn23)cn1. The van der Waals surface area contributed by atoms with Crippen LogP contribution in [0, 0.1) is 6.92 Å². The Labute approximate surface area is 144 Å². The van der Waals surface area contributed by atoms with Gasteiger partial charge in [0.05, 0.1) is 11.8 Å². The third-order valence-electron chi connectivity index (χ3n) is 3.91. The Morgan fingerprint density at radius 3 is 2.76 bits per heavy atom. The van der Waals surface area contributed by atoms with Gasteiger partial charge in [-0.3, -0.25) is 18.9 Å². The number of hydrogen-bond acceptors (Lipinski definition) is 4. The summed E-state index contributed by atoms with van der Waals surface area (Å²) in [6, 6.07) is 9.26. The molecule has 0 saturated heterocycles. The van der Waals surface area contributed by atoms with Crippen molar-refractivity contribution in [2.75, 3.05) is 5.32 Å². The van der Waals surface area contributed by atoms with Crippen molar-refractivity contribution in [2.45, 2.75) is 6.92 Å². The number of aromatic nitrogens is 5. The van der Waals surface area contributed by atoms with E-state index in [4.69, 9.17) is 0 Å². The van der Waals surface area contributed by atoms with E-state index in [-0.39, 0.29) is 5.91 Å². The van der Waals surface area contributed by atoms with Gasteiger partial charge in [0.2, 0.25) is 0 Å². The van der Waals surface area contributed by atoms with Gasteiger partial charge in [0, 0.05) is 36.9 Å². The van der Waals surface area contributed by atoms with Crippen LogP contribution < -0.4 is 5.32 Å². The minimum atomic E-state index is -0.233. The number of amides is 1. The number of imidazole rings is 1. The summed E-state index contributed by atoms with van der Waals surface area (Å²) >= 11 is 0. The lowest BCUT2D eigenvalue weighted by molar-refractivity contribution is 0.102. The van der Waals surface area contributed by atoms with Gasteiger partial charge in [0.15, 0.2) is 0 Å². The summed E-state index contributed by atoms with van der Waals surface area (Å²) in [7, 11) is 1.84. The molecule has 7 heteroatoms. The van der Waals surface area contributed by atoms with Crippen molar-refractivity contribution in [3.8, 4) is 11.3 Å². The van der Waals surface area contributed by atoms with E-state index >= 15 is 0 Å². The summed E-state index contributed by atoms with van der Waals surface area (Å²) in [5.41, 5.74) is 3.62. The summed E-state index contributed by atoms with van der Waals surface area (Å²) in [6.45, 7) is 1.88. The Morgan fingerprint density at radius 2 is 2.04 bits per heavy atom. The zero-order valence-electron chi connectivity index (χ0n) is 13.8. The molecule has 0 radical (unpaired) electrons. The minimum absolute atomic E-state index is 0.233. The van der Waals surface area contributed by atoms with Gasteiger partial charge in [0.25, 0.3) is 5.91 Å². The molecule has 124 valence electrons. The number of rotatable bonds is 3. The Morgan fingerprint density at radius 1 is 1.16 bits per heavy atom. The first-order chi connectivity index (χ1) is 12.1. The average Bonchev–Trinajstić information content (AvgIpc) is 3.19. The van der Waals surface area contributed by atoms with Gasteiger partial charge >= 0.3 is 0 Å².